The van der Waals surface area contributed by atoms with Crippen LogP contribution in [0.1, 0.15) is 49.3 Å². The largest absolute Gasteiger partial charge is 0.497 e. The van der Waals surface area contributed by atoms with Gasteiger partial charge in [-0.3, -0.25) is 9.59 Å². The summed E-state index contributed by atoms with van der Waals surface area (Å²) in [4.78, 5) is 24.1. The zero-order valence-corrected chi connectivity index (χ0v) is 18.9. The zero-order chi connectivity index (χ0) is 23.4. The van der Waals surface area contributed by atoms with Crippen molar-refractivity contribution in [3.63, 3.8) is 0 Å². The summed E-state index contributed by atoms with van der Waals surface area (Å²) < 4.78 is 10.5. The first-order valence-electron chi connectivity index (χ1n) is 11.1. The Bertz CT molecular complexity index is 1070. The summed E-state index contributed by atoms with van der Waals surface area (Å²) in [5.41, 5.74) is 4.05. The molecule has 0 saturated heterocycles. The van der Waals surface area contributed by atoms with Crippen molar-refractivity contribution in [2.45, 2.75) is 38.1 Å². The molecular weight excluding hydrogens is 420 g/mol. The Morgan fingerprint density at radius 2 is 1.67 bits per heavy atom. The van der Waals surface area contributed by atoms with Crippen molar-refractivity contribution in [3.05, 3.63) is 65.2 Å². The number of rotatable bonds is 7. The third-order valence-electron chi connectivity index (χ3n) is 6.22. The van der Waals surface area contributed by atoms with Gasteiger partial charge in [0.15, 0.2) is 0 Å². The SMILES string of the molecule is COc1ccc(C=C2CCCC3C2=NN(C(=O)CCC(=O)O)C3c2ccc(OC)cc2)cc1. The van der Waals surface area contributed by atoms with Crippen LogP contribution < -0.4 is 9.47 Å². The number of benzene rings is 2. The number of methoxy groups -OCH3 is 2. The minimum absolute atomic E-state index is 0.0606. The number of fused-ring (bicyclic) bond motifs is 1. The summed E-state index contributed by atoms with van der Waals surface area (Å²) in [7, 11) is 3.26. The summed E-state index contributed by atoms with van der Waals surface area (Å²) >= 11 is 0. The fraction of sp³-hybridized carbons (Fsp3) is 0.346. The van der Waals surface area contributed by atoms with Crippen LogP contribution >= 0.6 is 0 Å². The van der Waals surface area contributed by atoms with E-state index in [0.29, 0.717) is 0 Å². The Morgan fingerprint density at radius 3 is 2.27 bits per heavy atom. The van der Waals surface area contributed by atoms with Gasteiger partial charge in [-0.05, 0) is 66.3 Å². The van der Waals surface area contributed by atoms with E-state index >= 15 is 0 Å². The second-order valence-corrected chi connectivity index (χ2v) is 8.28. The molecule has 1 fully saturated rings. The van der Waals surface area contributed by atoms with Gasteiger partial charge in [-0.1, -0.05) is 24.3 Å². The van der Waals surface area contributed by atoms with E-state index in [1.807, 2.05) is 48.5 Å². The number of allylic oxidation sites excluding steroid dienone is 1. The van der Waals surface area contributed by atoms with Crippen molar-refractivity contribution in [1.29, 1.82) is 0 Å². The Labute approximate surface area is 193 Å². The highest BCUT2D eigenvalue weighted by Gasteiger charge is 2.43. The van der Waals surface area contributed by atoms with Gasteiger partial charge in [0.1, 0.15) is 11.5 Å². The minimum Gasteiger partial charge on any atom is -0.497 e. The Balaban J connectivity index is 1.69. The fourth-order valence-corrected chi connectivity index (χ4v) is 4.57. The van der Waals surface area contributed by atoms with Crippen LogP contribution in [0, 0.1) is 5.92 Å². The number of hydrogen-bond donors (Lipinski definition) is 1. The molecule has 2 atom stereocenters. The standard InChI is InChI=1S/C26H28N2O5/c1-32-20-10-6-17(7-11-20)16-19-4-3-5-22-25(19)27-28(23(29)14-15-24(30)31)26(22)18-8-12-21(33-2)13-9-18/h6-13,16,22,26H,3-5,14-15H2,1-2H3,(H,30,31). The molecule has 4 rings (SSSR count). The fourth-order valence-electron chi connectivity index (χ4n) is 4.57. The van der Waals surface area contributed by atoms with E-state index in [4.69, 9.17) is 19.7 Å². The quantitative estimate of drug-likeness (QED) is 0.664. The van der Waals surface area contributed by atoms with Crippen molar-refractivity contribution in [3.8, 4) is 11.5 Å². The molecular formula is C26H28N2O5. The number of amides is 1. The topological polar surface area (TPSA) is 88.4 Å². The summed E-state index contributed by atoms with van der Waals surface area (Å²) in [6.45, 7) is 0. The molecule has 0 bridgehead atoms. The van der Waals surface area contributed by atoms with Gasteiger partial charge in [0.2, 0.25) is 5.91 Å². The lowest BCUT2D eigenvalue weighted by molar-refractivity contribution is -0.141. The van der Waals surface area contributed by atoms with Gasteiger partial charge in [-0.2, -0.15) is 5.10 Å². The van der Waals surface area contributed by atoms with Gasteiger partial charge in [-0.25, -0.2) is 5.01 Å². The van der Waals surface area contributed by atoms with Crippen LogP contribution in [-0.2, 0) is 9.59 Å². The zero-order valence-electron chi connectivity index (χ0n) is 18.9. The molecule has 1 amide bonds. The summed E-state index contributed by atoms with van der Waals surface area (Å²) in [5.74, 6) is 0.333. The molecule has 1 saturated carbocycles. The molecule has 2 aromatic rings. The summed E-state index contributed by atoms with van der Waals surface area (Å²) in [6.07, 6.45) is 4.63. The summed E-state index contributed by atoms with van der Waals surface area (Å²) in [5, 5.41) is 15.4. The summed E-state index contributed by atoms with van der Waals surface area (Å²) in [6, 6.07) is 15.3. The van der Waals surface area contributed by atoms with Gasteiger partial charge in [0.25, 0.3) is 0 Å². The lowest BCUT2D eigenvalue weighted by Crippen LogP contribution is -2.32. The number of carboxylic acids is 1. The van der Waals surface area contributed by atoms with Crippen molar-refractivity contribution in [2.75, 3.05) is 14.2 Å². The van der Waals surface area contributed by atoms with Crippen LogP contribution in [0.4, 0.5) is 0 Å². The molecule has 0 spiro atoms. The maximum atomic E-state index is 13.0. The smallest absolute Gasteiger partial charge is 0.303 e. The van der Waals surface area contributed by atoms with Gasteiger partial charge in [0.05, 0.1) is 32.4 Å². The van der Waals surface area contributed by atoms with Crippen LogP contribution in [0.5, 0.6) is 11.5 Å². The number of hydrazone groups is 1. The Morgan fingerprint density at radius 1 is 1.03 bits per heavy atom. The van der Waals surface area contributed by atoms with E-state index in [1.165, 1.54) is 5.01 Å². The van der Waals surface area contributed by atoms with Gasteiger partial charge in [-0.15, -0.1) is 0 Å². The van der Waals surface area contributed by atoms with Crippen molar-refractivity contribution in [1.82, 2.24) is 5.01 Å². The minimum atomic E-state index is -0.992. The first kappa shape index (κ1) is 22.6. The monoisotopic (exact) mass is 448 g/mol. The molecule has 7 heteroatoms. The van der Waals surface area contributed by atoms with E-state index < -0.39 is 5.97 Å². The second kappa shape index (κ2) is 9.90. The predicted molar refractivity (Wildman–Crippen MR) is 125 cm³/mol. The average molecular weight is 449 g/mol. The molecule has 0 radical (unpaired) electrons. The molecule has 1 N–H and O–H groups in total. The number of nitrogens with zero attached hydrogens (tertiary/aromatic N) is 2. The molecule has 0 aromatic heterocycles. The highest BCUT2D eigenvalue weighted by Crippen LogP contribution is 2.45. The first-order chi connectivity index (χ1) is 16.0. The molecule has 7 nitrogen and oxygen atoms in total. The van der Waals surface area contributed by atoms with E-state index in [-0.39, 0.29) is 30.7 Å². The van der Waals surface area contributed by atoms with Crippen LogP contribution in [0.3, 0.4) is 0 Å². The number of carbonyl (C=O) groups is 2. The number of ether oxygens (including phenoxy) is 2. The van der Waals surface area contributed by atoms with Gasteiger partial charge >= 0.3 is 5.97 Å². The number of carbonyl (C=O) groups excluding carboxylic acids is 1. The number of aliphatic carboxylic acids is 1. The maximum absolute atomic E-state index is 13.0. The predicted octanol–water partition coefficient (Wildman–Crippen LogP) is 4.69. The number of hydrogen-bond acceptors (Lipinski definition) is 5. The van der Waals surface area contributed by atoms with E-state index in [0.717, 1.165) is 53.2 Å². The molecule has 1 heterocycles. The highest BCUT2D eigenvalue weighted by molar-refractivity contribution is 6.08. The highest BCUT2D eigenvalue weighted by atomic mass is 16.5. The lowest BCUT2D eigenvalue weighted by atomic mass is 9.77. The van der Waals surface area contributed by atoms with Crippen molar-refractivity contribution >= 4 is 23.7 Å². The van der Waals surface area contributed by atoms with Gasteiger partial charge < -0.3 is 14.6 Å². The van der Waals surface area contributed by atoms with E-state index in [9.17, 15) is 9.59 Å². The normalized spacial score (nSPS) is 20.8. The molecule has 172 valence electrons. The molecule has 2 aromatic carbocycles. The molecule has 2 unspecified atom stereocenters. The Kier molecular flexibility index (Phi) is 6.77. The van der Waals surface area contributed by atoms with Gasteiger partial charge in [0, 0.05) is 12.3 Å². The third kappa shape index (κ3) is 4.92. The Hall–Kier alpha value is -3.61. The maximum Gasteiger partial charge on any atom is 0.303 e. The molecule has 2 aliphatic rings. The van der Waals surface area contributed by atoms with Crippen LogP contribution in [-0.4, -0.2) is 41.9 Å². The van der Waals surface area contributed by atoms with Crippen LogP contribution in [0.15, 0.2) is 59.2 Å². The van der Waals surface area contributed by atoms with E-state index in [2.05, 4.69) is 6.08 Å². The van der Waals surface area contributed by atoms with Crippen LogP contribution in [0.25, 0.3) is 6.08 Å². The van der Waals surface area contributed by atoms with Crippen molar-refractivity contribution in [2.24, 2.45) is 11.0 Å². The molecule has 1 aliphatic heterocycles. The number of carboxylic acid groups (broad SMARTS) is 1. The van der Waals surface area contributed by atoms with Crippen LogP contribution in [0.2, 0.25) is 0 Å². The first-order valence-corrected chi connectivity index (χ1v) is 11.1. The average Bonchev–Trinajstić information content (AvgIpc) is 3.24. The second-order valence-electron chi connectivity index (χ2n) is 8.28. The third-order valence-corrected chi connectivity index (χ3v) is 6.22. The molecule has 1 aliphatic carbocycles. The lowest BCUT2D eigenvalue weighted by Gasteiger charge is -2.29. The van der Waals surface area contributed by atoms with E-state index in [1.54, 1.807) is 14.2 Å². The molecule has 33 heavy (non-hydrogen) atoms. The van der Waals surface area contributed by atoms with Crippen molar-refractivity contribution < 1.29 is 24.2 Å².